The number of piperidine rings is 3. The number of carbonyl (C=O) groups is 3. The number of aliphatic hydroxyl groups is 2. The highest BCUT2D eigenvalue weighted by Crippen LogP contribution is 2.42. The number of allylic oxidation sites excluding steroid dienone is 1. The summed E-state index contributed by atoms with van der Waals surface area (Å²) in [6.45, 7) is 22.4. The summed E-state index contributed by atoms with van der Waals surface area (Å²) >= 11 is 0. The van der Waals surface area contributed by atoms with Crippen LogP contribution in [0.1, 0.15) is 116 Å². The van der Waals surface area contributed by atoms with E-state index in [9.17, 15) is 24.6 Å². The Bertz CT molecular complexity index is 2800. The van der Waals surface area contributed by atoms with Gasteiger partial charge in [0.25, 0.3) is 0 Å². The third kappa shape index (κ3) is 17.6. The van der Waals surface area contributed by atoms with E-state index in [4.69, 9.17) is 19.7 Å². The van der Waals surface area contributed by atoms with E-state index < -0.39 is 36.0 Å². The van der Waals surface area contributed by atoms with E-state index >= 15 is 0 Å². The monoisotopic (exact) mass is 1030 g/mol. The van der Waals surface area contributed by atoms with Crippen molar-refractivity contribution >= 4 is 28.6 Å². The number of aliphatic carboxylic acids is 2. The molecule has 12 nitrogen and oxygen atoms in total. The summed E-state index contributed by atoms with van der Waals surface area (Å²) < 4.78 is 11.0. The third-order valence-electron chi connectivity index (χ3n) is 13.9. The number of aliphatic hydroxyl groups excluding tert-OH is 2. The van der Waals surface area contributed by atoms with E-state index in [2.05, 4.69) is 48.3 Å². The van der Waals surface area contributed by atoms with Crippen molar-refractivity contribution in [2.75, 3.05) is 33.4 Å². The van der Waals surface area contributed by atoms with Crippen molar-refractivity contribution in [2.24, 2.45) is 17.8 Å². The highest BCUT2D eigenvalue weighted by molar-refractivity contribution is 6.09. The van der Waals surface area contributed by atoms with Crippen LogP contribution in [0.3, 0.4) is 0 Å². The first kappa shape index (κ1) is 59.9. The lowest BCUT2D eigenvalue weighted by atomic mass is 9.73. The molecule has 3 aliphatic rings. The van der Waals surface area contributed by atoms with Crippen LogP contribution >= 0.6 is 0 Å². The van der Waals surface area contributed by atoms with Crippen molar-refractivity contribution in [3.8, 4) is 11.5 Å². The number of aromatic nitrogens is 1. The summed E-state index contributed by atoms with van der Waals surface area (Å²) in [4.78, 5) is 40.8. The van der Waals surface area contributed by atoms with Gasteiger partial charge in [-0.3, -0.25) is 24.3 Å². The predicted molar refractivity (Wildman–Crippen MR) is 303 cm³/mol. The van der Waals surface area contributed by atoms with Crippen LogP contribution in [0.2, 0.25) is 0 Å². The molecule has 9 rings (SSSR count). The molecule has 0 saturated carbocycles. The predicted octanol–water partition coefficient (Wildman–Crippen LogP) is 11.5. The number of carbonyl (C=O) groups excluding carboxylic acids is 1. The zero-order valence-electron chi connectivity index (χ0n) is 45.3. The van der Waals surface area contributed by atoms with Crippen LogP contribution < -0.4 is 14.8 Å². The molecule has 1 aromatic heterocycles. The average Bonchev–Trinajstić information content (AvgIpc) is 3.44. The standard InChI is InChI=1S/C20H24N2O2.C16H14O3.C15H23NO2.C13H18O2/c1-3-13-12-22-9-7-14(13)10-19(22)20(23)16-6-8-21-18-5-4-15(24-2)11-17(16)18;1-11(16(18)19)13-8-5-9-14(10-13)15(17)12-6-3-2-4-7-12;1-4-7-13-8-5-6-9-15(13)18-11-14(17)10-16-12(2)3;1-9(2)8-11-4-6-12(7-5-11)10(3)13(14)15/h3-6,8,11,13-14,19-20,23H,1,7,9-10,12H2,2H3;2-11H,1H3,(H,18,19);4-6,8-9,12,14,16-17H,1,7,10-11H2,2-3H3;4-7,9-10H,8H2,1-3H3,(H,14,15)/t13-,14?,19+,20-;;;/m0.../s1. The van der Waals surface area contributed by atoms with Gasteiger partial charge in [-0.2, -0.15) is 0 Å². The number of hydrogen-bond acceptors (Lipinski definition) is 10. The van der Waals surface area contributed by atoms with Gasteiger partial charge in [0.1, 0.15) is 24.2 Å². The van der Waals surface area contributed by atoms with Gasteiger partial charge in [0.2, 0.25) is 0 Å². The molecule has 5 aromatic carbocycles. The van der Waals surface area contributed by atoms with Crippen molar-refractivity contribution in [3.05, 3.63) is 198 Å². The van der Waals surface area contributed by atoms with Gasteiger partial charge in [0.05, 0.1) is 30.6 Å². The molecule has 8 atom stereocenters. The largest absolute Gasteiger partial charge is 0.497 e. The van der Waals surface area contributed by atoms with Crippen LogP contribution in [0, 0.1) is 17.8 Å². The van der Waals surface area contributed by atoms with Gasteiger partial charge < -0.3 is 35.2 Å². The van der Waals surface area contributed by atoms with Crippen molar-refractivity contribution in [3.63, 3.8) is 0 Å². The second-order valence-corrected chi connectivity index (χ2v) is 20.4. The maximum atomic E-state index is 12.2. The first-order chi connectivity index (χ1) is 36.4. The maximum Gasteiger partial charge on any atom is 0.310 e. The van der Waals surface area contributed by atoms with Crippen LogP contribution in [0.15, 0.2) is 159 Å². The number of carboxylic acid groups (broad SMARTS) is 2. The highest BCUT2D eigenvalue weighted by Gasteiger charge is 2.42. The fourth-order valence-corrected chi connectivity index (χ4v) is 9.43. The second kappa shape index (κ2) is 30.0. The Morgan fingerprint density at radius 3 is 2.08 bits per heavy atom. The summed E-state index contributed by atoms with van der Waals surface area (Å²) in [5.74, 6) is 0.652. The zero-order valence-corrected chi connectivity index (χ0v) is 45.3. The van der Waals surface area contributed by atoms with E-state index in [1.54, 1.807) is 75.7 Å². The molecule has 0 radical (unpaired) electrons. The van der Waals surface area contributed by atoms with Crippen LogP contribution in [0.25, 0.3) is 10.9 Å². The number of ether oxygens (including phenoxy) is 2. The van der Waals surface area contributed by atoms with Gasteiger partial charge in [0, 0.05) is 47.9 Å². The Kier molecular flexibility index (Phi) is 23.6. The lowest BCUT2D eigenvalue weighted by Gasteiger charge is -2.50. The molecule has 0 spiro atoms. The lowest BCUT2D eigenvalue weighted by molar-refractivity contribution is -0.139. The summed E-state index contributed by atoms with van der Waals surface area (Å²) in [5.41, 5.74) is 6.82. The topological polar surface area (TPSA) is 179 Å². The summed E-state index contributed by atoms with van der Waals surface area (Å²) in [6, 6.07) is 39.8. The molecule has 4 heterocycles. The molecule has 3 fully saturated rings. The molecule has 404 valence electrons. The summed E-state index contributed by atoms with van der Waals surface area (Å²) in [7, 11) is 1.66. The van der Waals surface area contributed by atoms with E-state index in [0.717, 1.165) is 71.4 Å². The smallest absolute Gasteiger partial charge is 0.310 e. The Labute approximate surface area is 450 Å². The number of para-hydroxylation sites is 1. The van der Waals surface area contributed by atoms with E-state index in [-0.39, 0.29) is 11.8 Å². The van der Waals surface area contributed by atoms with Gasteiger partial charge in [-0.1, -0.05) is 131 Å². The van der Waals surface area contributed by atoms with Gasteiger partial charge in [-0.05, 0) is 128 Å². The molecular formula is C64H79N3O9. The molecule has 12 heteroatoms. The SMILES string of the molecule is C=CCc1ccccc1OCC(O)CNC(C)C.C=C[C@H]1CN2CCC1C[C@@H]2[C@@H](O)c1ccnc2ccc(OC)cc12.CC(C(=O)O)c1cccc(C(=O)c2ccccc2)c1.CC(C)Cc1ccc(C(C)C(=O)O)cc1. The zero-order chi connectivity index (χ0) is 55.3. The first-order valence-corrected chi connectivity index (χ1v) is 26.4. The fourth-order valence-electron chi connectivity index (χ4n) is 9.43. The first-order valence-electron chi connectivity index (χ1n) is 26.4. The molecule has 3 saturated heterocycles. The van der Waals surface area contributed by atoms with E-state index in [1.807, 2.05) is 98.8 Å². The van der Waals surface area contributed by atoms with Crippen molar-refractivity contribution in [1.29, 1.82) is 0 Å². The molecule has 76 heavy (non-hydrogen) atoms. The van der Waals surface area contributed by atoms with Crippen molar-refractivity contribution in [1.82, 2.24) is 15.2 Å². The molecule has 0 amide bonds. The minimum atomic E-state index is -0.899. The van der Waals surface area contributed by atoms with Gasteiger partial charge in [0.15, 0.2) is 5.78 Å². The maximum absolute atomic E-state index is 12.2. The average molecular weight is 1030 g/mol. The lowest BCUT2D eigenvalue weighted by Crippen LogP contribution is -2.54. The number of pyridine rings is 1. The molecule has 2 bridgehead atoms. The number of benzene rings is 5. The van der Waals surface area contributed by atoms with Gasteiger partial charge in [-0.15, -0.1) is 13.2 Å². The van der Waals surface area contributed by atoms with Crippen molar-refractivity contribution < 1.29 is 44.3 Å². The summed E-state index contributed by atoms with van der Waals surface area (Å²) in [5, 5.41) is 42.9. The quantitative estimate of drug-likeness (QED) is 0.0362. The second-order valence-electron chi connectivity index (χ2n) is 20.4. The minimum Gasteiger partial charge on any atom is -0.497 e. The van der Waals surface area contributed by atoms with Gasteiger partial charge in [-0.25, -0.2) is 0 Å². The number of methoxy groups -OCH3 is 1. The number of nitrogens with zero attached hydrogens (tertiary/aromatic N) is 2. The Morgan fingerprint density at radius 1 is 0.789 bits per heavy atom. The molecule has 3 aliphatic heterocycles. The highest BCUT2D eigenvalue weighted by atomic mass is 16.5. The van der Waals surface area contributed by atoms with Gasteiger partial charge >= 0.3 is 11.9 Å². The number of nitrogens with one attached hydrogen (secondary N) is 1. The molecule has 6 aromatic rings. The van der Waals surface area contributed by atoms with Crippen LogP contribution in [0.4, 0.5) is 0 Å². The van der Waals surface area contributed by atoms with E-state index in [1.165, 1.54) is 12.0 Å². The third-order valence-corrected chi connectivity index (χ3v) is 13.9. The number of rotatable bonds is 20. The Balaban J connectivity index is 0.000000190. The van der Waals surface area contributed by atoms with Crippen LogP contribution in [-0.4, -0.2) is 99.6 Å². The normalized spacial score (nSPS) is 18.0. The number of hydrogen-bond donors (Lipinski definition) is 5. The number of carboxylic acids is 2. The fraction of sp³-hybridized carbons (Fsp3) is 0.375. The Morgan fingerprint density at radius 2 is 1.46 bits per heavy atom. The minimum absolute atomic E-state index is 0.0972. The van der Waals surface area contributed by atoms with Crippen LogP contribution in [-0.2, 0) is 22.4 Å². The number of ketones is 1. The van der Waals surface area contributed by atoms with Crippen molar-refractivity contribution in [2.45, 2.75) is 103 Å². The Hall–Kier alpha value is -6.96. The number of fused-ring (bicyclic) bond motifs is 4. The molecule has 5 N–H and O–H groups in total. The molecule has 0 aliphatic carbocycles. The van der Waals surface area contributed by atoms with Crippen LogP contribution in [0.5, 0.6) is 11.5 Å². The molecular weight excluding hydrogens is 955 g/mol. The van der Waals surface area contributed by atoms with E-state index in [0.29, 0.717) is 53.6 Å². The molecule has 5 unspecified atom stereocenters. The summed E-state index contributed by atoms with van der Waals surface area (Å²) in [6.07, 6.45) is 8.79.